The lowest BCUT2D eigenvalue weighted by atomic mass is 10.2. The van der Waals surface area contributed by atoms with Crippen molar-refractivity contribution in [2.24, 2.45) is 0 Å². The van der Waals surface area contributed by atoms with Crippen LogP contribution in [0.25, 0.3) is 0 Å². The highest BCUT2D eigenvalue weighted by Gasteiger charge is 2.16. The van der Waals surface area contributed by atoms with E-state index < -0.39 is 15.8 Å². The van der Waals surface area contributed by atoms with E-state index in [-0.39, 0.29) is 18.0 Å². The summed E-state index contributed by atoms with van der Waals surface area (Å²) in [5.41, 5.74) is 0.790. The minimum Gasteiger partial charge on any atom is -0.316 e. The third-order valence-corrected chi connectivity index (χ3v) is 4.16. The standard InChI is InChI=1S/C13H15FN4O2S/c1-15-8-10-7-12(4-5-13(10)14)21(19,20)17-9-11-3-2-6-16-18-11/h2-7,15,17H,8-9H2,1H3. The molecule has 2 N–H and O–H groups in total. The summed E-state index contributed by atoms with van der Waals surface area (Å²) in [6, 6.07) is 7.01. The molecule has 0 unspecified atom stereocenters. The lowest BCUT2D eigenvalue weighted by molar-refractivity contribution is 0.576. The summed E-state index contributed by atoms with van der Waals surface area (Å²) in [6.45, 7) is 0.272. The van der Waals surface area contributed by atoms with Crippen LogP contribution in [0.3, 0.4) is 0 Å². The van der Waals surface area contributed by atoms with Crippen LogP contribution in [-0.4, -0.2) is 25.7 Å². The third-order valence-electron chi connectivity index (χ3n) is 2.77. The molecule has 2 rings (SSSR count). The first kappa shape index (κ1) is 15.5. The normalized spacial score (nSPS) is 11.5. The largest absolute Gasteiger partial charge is 0.316 e. The summed E-state index contributed by atoms with van der Waals surface area (Å²) in [5.74, 6) is -0.447. The van der Waals surface area contributed by atoms with Gasteiger partial charge in [-0.3, -0.25) is 0 Å². The molecule has 1 heterocycles. The molecule has 6 nitrogen and oxygen atoms in total. The van der Waals surface area contributed by atoms with Gasteiger partial charge in [-0.15, -0.1) is 0 Å². The Labute approximate surface area is 122 Å². The second-order valence-corrected chi connectivity index (χ2v) is 6.09. The Kier molecular flexibility index (Phi) is 4.94. The van der Waals surface area contributed by atoms with Gasteiger partial charge >= 0.3 is 0 Å². The van der Waals surface area contributed by atoms with Crippen LogP contribution in [0.1, 0.15) is 11.3 Å². The zero-order chi connectivity index (χ0) is 15.3. The molecule has 0 atom stereocenters. The van der Waals surface area contributed by atoms with Gasteiger partial charge in [0, 0.05) is 18.3 Å². The minimum absolute atomic E-state index is 0.0121. The number of sulfonamides is 1. The average molecular weight is 310 g/mol. The zero-order valence-corrected chi connectivity index (χ0v) is 12.2. The Morgan fingerprint density at radius 2 is 2.05 bits per heavy atom. The SMILES string of the molecule is CNCc1cc(S(=O)(=O)NCc2cccnn2)ccc1F. The van der Waals surface area contributed by atoms with E-state index in [2.05, 4.69) is 20.2 Å². The molecule has 0 aliphatic heterocycles. The van der Waals surface area contributed by atoms with Crippen molar-refractivity contribution in [3.63, 3.8) is 0 Å². The van der Waals surface area contributed by atoms with Gasteiger partial charge in [-0.1, -0.05) is 0 Å². The summed E-state index contributed by atoms with van der Waals surface area (Å²) in [6.07, 6.45) is 1.50. The van der Waals surface area contributed by atoms with Crippen molar-refractivity contribution in [3.8, 4) is 0 Å². The van der Waals surface area contributed by atoms with E-state index in [4.69, 9.17) is 0 Å². The van der Waals surface area contributed by atoms with E-state index >= 15 is 0 Å². The van der Waals surface area contributed by atoms with Crippen molar-refractivity contribution in [3.05, 3.63) is 53.6 Å². The van der Waals surface area contributed by atoms with Gasteiger partial charge in [-0.25, -0.2) is 17.5 Å². The maximum atomic E-state index is 13.5. The fraction of sp³-hybridized carbons (Fsp3) is 0.231. The first-order chi connectivity index (χ1) is 10.0. The maximum absolute atomic E-state index is 13.5. The highest BCUT2D eigenvalue weighted by atomic mass is 32.2. The molecule has 1 aromatic carbocycles. The van der Waals surface area contributed by atoms with Gasteiger partial charge in [0.05, 0.1) is 17.1 Å². The molecule has 2 aromatic rings. The van der Waals surface area contributed by atoms with E-state index in [1.165, 1.54) is 18.3 Å². The highest BCUT2D eigenvalue weighted by molar-refractivity contribution is 7.89. The Balaban J connectivity index is 2.17. The molecule has 0 aliphatic rings. The molecular formula is C13H15FN4O2S. The molecule has 0 fully saturated rings. The van der Waals surface area contributed by atoms with Gasteiger partial charge < -0.3 is 5.32 Å². The smallest absolute Gasteiger partial charge is 0.240 e. The van der Waals surface area contributed by atoms with E-state index in [9.17, 15) is 12.8 Å². The average Bonchev–Trinajstić information content (AvgIpc) is 2.49. The molecule has 21 heavy (non-hydrogen) atoms. The zero-order valence-electron chi connectivity index (χ0n) is 11.4. The van der Waals surface area contributed by atoms with Crippen molar-refractivity contribution in [1.82, 2.24) is 20.2 Å². The molecular weight excluding hydrogens is 295 g/mol. The number of hydrogen-bond donors (Lipinski definition) is 2. The van der Waals surface area contributed by atoms with Gasteiger partial charge in [0.2, 0.25) is 10.0 Å². The van der Waals surface area contributed by atoms with Crippen LogP contribution in [0.2, 0.25) is 0 Å². The Morgan fingerprint density at radius 1 is 1.24 bits per heavy atom. The van der Waals surface area contributed by atoms with Gasteiger partial charge in [-0.05, 0) is 37.4 Å². The molecule has 0 aliphatic carbocycles. The lowest BCUT2D eigenvalue weighted by Crippen LogP contribution is -2.24. The van der Waals surface area contributed by atoms with Crippen molar-refractivity contribution in [1.29, 1.82) is 0 Å². The molecule has 0 radical (unpaired) electrons. The fourth-order valence-electron chi connectivity index (χ4n) is 1.72. The second kappa shape index (κ2) is 6.70. The van der Waals surface area contributed by atoms with Crippen LogP contribution < -0.4 is 10.0 Å². The van der Waals surface area contributed by atoms with E-state index in [0.29, 0.717) is 11.3 Å². The molecule has 0 saturated heterocycles. The van der Waals surface area contributed by atoms with Crippen LogP contribution in [0.15, 0.2) is 41.4 Å². The summed E-state index contributed by atoms with van der Waals surface area (Å²) in [4.78, 5) is 0.0121. The Hall–Kier alpha value is -1.90. The van der Waals surface area contributed by atoms with Gasteiger partial charge in [0.15, 0.2) is 0 Å². The van der Waals surface area contributed by atoms with Crippen molar-refractivity contribution in [2.45, 2.75) is 18.0 Å². The monoisotopic (exact) mass is 310 g/mol. The van der Waals surface area contributed by atoms with Crippen LogP contribution in [0.5, 0.6) is 0 Å². The molecule has 0 amide bonds. The molecule has 112 valence electrons. The molecule has 0 bridgehead atoms. The third kappa shape index (κ3) is 4.03. The lowest BCUT2D eigenvalue weighted by Gasteiger charge is -2.09. The number of aromatic nitrogens is 2. The predicted molar refractivity (Wildman–Crippen MR) is 75.2 cm³/mol. The van der Waals surface area contributed by atoms with Crippen LogP contribution in [-0.2, 0) is 23.1 Å². The quantitative estimate of drug-likeness (QED) is 0.825. The fourth-order valence-corrected chi connectivity index (χ4v) is 2.77. The number of halogens is 1. The number of benzene rings is 1. The van der Waals surface area contributed by atoms with Gasteiger partial charge in [0.25, 0.3) is 0 Å². The van der Waals surface area contributed by atoms with Crippen LogP contribution in [0.4, 0.5) is 4.39 Å². The van der Waals surface area contributed by atoms with Gasteiger partial charge in [-0.2, -0.15) is 10.2 Å². The molecule has 0 saturated carbocycles. The molecule has 8 heteroatoms. The number of rotatable bonds is 6. The summed E-state index contributed by atoms with van der Waals surface area (Å²) in [7, 11) is -2.07. The summed E-state index contributed by atoms with van der Waals surface area (Å²) in [5, 5.41) is 10.2. The number of nitrogens with zero attached hydrogens (tertiary/aromatic N) is 2. The number of nitrogens with one attached hydrogen (secondary N) is 2. The first-order valence-electron chi connectivity index (χ1n) is 6.22. The van der Waals surface area contributed by atoms with Crippen molar-refractivity contribution >= 4 is 10.0 Å². The van der Waals surface area contributed by atoms with E-state index in [1.54, 1.807) is 19.2 Å². The van der Waals surface area contributed by atoms with Crippen molar-refractivity contribution in [2.75, 3.05) is 7.05 Å². The Bertz CT molecular complexity index is 707. The summed E-state index contributed by atoms with van der Waals surface area (Å²) < 4.78 is 40.3. The number of hydrogen-bond acceptors (Lipinski definition) is 5. The topological polar surface area (TPSA) is 84.0 Å². The highest BCUT2D eigenvalue weighted by Crippen LogP contribution is 2.15. The maximum Gasteiger partial charge on any atom is 0.240 e. The van der Waals surface area contributed by atoms with Crippen LogP contribution >= 0.6 is 0 Å². The second-order valence-electron chi connectivity index (χ2n) is 4.32. The Morgan fingerprint density at radius 3 is 2.71 bits per heavy atom. The van der Waals surface area contributed by atoms with Crippen LogP contribution in [0, 0.1) is 5.82 Å². The predicted octanol–water partition coefficient (Wildman–Crippen LogP) is 0.814. The van der Waals surface area contributed by atoms with Gasteiger partial charge in [0.1, 0.15) is 5.82 Å². The minimum atomic E-state index is -3.73. The van der Waals surface area contributed by atoms with E-state index in [1.807, 2.05) is 0 Å². The van der Waals surface area contributed by atoms with Crippen molar-refractivity contribution < 1.29 is 12.8 Å². The van der Waals surface area contributed by atoms with E-state index in [0.717, 1.165) is 6.07 Å². The summed E-state index contributed by atoms with van der Waals surface area (Å²) >= 11 is 0. The first-order valence-corrected chi connectivity index (χ1v) is 7.70. The molecule has 1 aromatic heterocycles. The molecule has 0 spiro atoms.